The molecule has 1 amide bonds. The molecule has 0 saturated carbocycles. The molecule has 18 nitrogen and oxygen atoms in total. The van der Waals surface area contributed by atoms with Crippen molar-refractivity contribution in [2.24, 2.45) is 0 Å². The molecule has 1 aromatic carbocycles. The molecule has 1 fully saturated rings. The first-order valence-corrected chi connectivity index (χ1v) is 12.8. The topological polar surface area (TPSA) is 242 Å². The van der Waals surface area contributed by atoms with Gasteiger partial charge < -0.3 is 43.6 Å². The highest BCUT2D eigenvalue weighted by atomic mass is 16.8. The van der Waals surface area contributed by atoms with Crippen molar-refractivity contribution in [2.75, 3.05) is 13.7 Å². The van der Waals surface area contributed by atoms with E-state index in [2.05, 4.69) is 5.32 Å². The van der Waals surface area contributed by atoms with Gasteiger partial charge in [-0.25, -0.2) is 4.79 Å². The van der Waals surface area contributed by atoms with E-state index in [0.29, 0.717) is 0 Å². The lowest BCUT2D eigenvalue weighted by Crippen LogP contribution is -2.76. The molecule has 0 aliphatic carbocycles. The fourth-order valence-electron chi connectivity index (χ4n) is 4.35. The number of nitro groups is 1. The summed E-state index contributed by atoms with van der Waals surface area (Å²) in [6.07, 6.45) is -9.58. The number of methoxy groups -OCH3 is 1. The Morgan fingerprint density at radius 1 is 0.977 bits per heavy atom. The minimum absolute atomic E-state index is 0.289. The molecule has 2 rings (SSSR count). The van der Waals surface area contributed by atoms with Gasteiger partial charge in [0.25, 0.3) is 5.69 Å². The summed E-state index contributed by atoms with van der Waals surface area (Å²) in [5, 5.41) is 25.1. The zero-order valence-corrected chi connectivity index (χ0v) is 24.5. The lowest BCUT2D eigenvalue weighted by Gasteiger charge is -2.50. The van der Waals surface area contributed by atoms with Crippen molar-refractivity contribution < 1.29 is 72.0 Å². The molecule has 0 bridgehead atoms. The molecular formula is C26H32N2O16. The Balaban J connectivity index is 2.85. The average molecular weight is 629 g/mol. The molecule has 0 unspecified atom stereocenters. The van der Waals surface area contributed by atoms with E-state index in [4.69, 9.17) is 33.2 Å². The van der Waals surface area contributed by atoms with Crippen molar-refractivity contribution in [3.63, 3.8) is 0 Å². The average Bonchev–Trinajstić information content (AvgIpc) is 2.92. The molecule has 7 atom stereocenters. The van der Waals surface area contributed by atoms with Crippen LogP contribution in [0.1, 0.15) is 34.6 Å². The second kappa shape index (κ2) is 15.1. The third-order valence-electron chi connectivity index (χ3n) is 5.93. The summed E-state index contributed by atoms with van der Waals surface area (Å²) in [6, 6.07) is 2.45. The van der Waals surface area contributed by atoms with Crippen LogP contribution in [0.4, 0.5) is 5.69 Å². The number of amides is 1. The Kier molecular flexibility index (Phi) is 12.1. The zero-order valence-electron chi connectivity index (χ0n) is 24.5. The first-order valence-electron chi connectivity index (χ1n) is 12.8. The van der Waals surface area contributed by atoms with Gasteiger partial charge in [-0.15, -0.1) is 0 Å². The molecule has 1 heterocycles. The van der Waals surface area contributed by atoms with Crippen molar-refractivity contribution >= 4 is 41.4 Å². The summed E-state index contributed by atoms with van der Waals surface area (Å²) in [5.41, 5.74) is -0.362. The molecule has 0 aromatic heterocycles. The highest BCUT2D eigenvalue weighted by Crippen LogP contribution is 2.39. The maximum Gasteiger partial charge on any atom is 0.383 e. The van der Waals surface area contributed by atoms with Crippen LogP contribution in [-0.4, -0.2) is 102 Å². The Morgan fingerprint density at radius 3 is 2.02 bits per heavy atom. The minimum Gasteiger partial charge on any atom is -0.464 e. The largest absolute Gasteiger partial charge is 0.464 e. The van der Waals surface area contributed by atoms with Crippen molar-refractivity contribution in [3.05, 3.63) is 34.4 Å². The zero-order chi connectivity index (χ0) is 33.4. The molecule has 0 spiro atoms. The monoisotopic (exact) mass is 628 g/mol. The summed E-state index contributed by atoms with van der Waals surface area (Å²) >= 11 is 0. The Hall–Kier alpha value is -4.84. The number of non-ortho nitro benzene ring substituents is 1. The van der Waals surface area contributed by atoms with Crippen LogP contribution in [0, 0.1) is 10.1 Å². The fourth-order valence-corrected chi connectivity index (χ4v) is 4.35. The number of nitrogens with zero attached hydrogens (tertiary/aromatic N) is 1. The number of ether oxygens (including phenoxy) is 7. The van der Waals surface area contributed by atoms with E-state index in [-0.39, 0.29) is 11.4 Å². The normalized spacial score (nSPS) is 24.0. The summed E-state index contributed by atoms with van der Waals surface area (Å²) < 4.78 is 37.5. The smallest absolute Gasteiger partial charge is 0.383 e. The molecule has 18 heteroatoms. The van der Waals surface area contributed by atoms with Gasteiger partial charge in [-0.1, -0.05) is 0 Å². The molecule has 1 aliphatic heterocycles. The van der Waals surface area contributed by atoms with Crippen LogP contribution in [0.5, 0.6) is 5.75 Å². The van der Waals surface area contributed by atoms with E-state index in [1.54, 1.807) is 0 Å². The standard InChI is InChI=1S/C26H32N2O16/c1-12(29)27-20-21(34)24(42-16(5)33)26(25(35)38-6,43-18-9-7-17(8-10-18)28(36)37)44-23(20)22(41-15(4)32)19(40-14(3)31)11-39-13(2)30/h7-10,19-24,34H,11H2,1-6H3,(H,27,29)/t19-,20-,21+,22-,23-,24-,26-/m1/s1. The van der Waals surface area contributed by atoms with Crippen molar-refractivity contribution in [2.45, 2.75) is 77.0 Å². The number of carbonyl (C=O) groups is 6. The number of benzene rings is 1. The second-order valence-electron chi connectivity index (χ2n) is 9.37. The Labute approximate surface area is 249 Å². The Bertz CT molecular complexity index is 1270. The molecule has 44 heavy (non-hydrogen) atoms. The van der Waals surface area contributed by atoms with Gasteiger partial charge in [0.15, 0.2) is 12.2 Å². The van der Waals surface area contributed by atoms with Crippen molar-refractivity contribution in [1.29, 1.82) is 0 Å². The number of hydrogen-bond acceptors (Lipinski definition) is 16. The molecule has 1 saturated heterocycles. The number of aliphatic hydroxyl groups is 1. The molecule has 0 radical (unpaired) electrons. The van der Waals surface area contributed by atoms with Gasteiger partial charge in [0.1, 0.15) is 24.6 Å². The quantitative estimate of drug-likeness (QED) is 0.128. The van der Waals surface area contributed by atoms with E-state index in [1.807, 2.05) is 0 Å². The number of aliphatic hydroxyl groups excluding tert-OH is 1. The first-order chi connectivity index (χ1) is 20.5. The maximum absolute atomic E-state index is 13.5. The summed E-state index contributed by atoms with van der Waals surface area (Å²) in [6.45, 7) is 4.23. The highest BCUT2D eigenvalue weighted by molar-refractivity contribution is 5.81. The molecular weight excluding hydrogens is 596 g/mol. The van der Waals surface area contributed by atoms with Crippen LogP contribution in [0.15, 0.2) is 24.3 Å². The van der Waals surface area contributed by atoms with E-state index in [0.717, 1.165) is 66.0 Å². The summed E-state index contributed by atoms with van der Waals surface area (Å²) in [7, 11) is 0.894. The van der Waals surface area contributed by atoms with Crippen LogP contribution < -0.4 is 10.1 Å². The van der Waals surface area contributed by atoms with Gasteiger partial charge in [-0.3, -0.25) is 34.1 Å². The summed E-state index contributed by atoms with van der Waals surface area (Å²) in [4.78, 5) is 84.1. The van der Waals surface area contributed by atoms with Crippen molar-refractivity contribution in [1.82, 2.24) is 5.32 Å². The van der Waals surface area contributed by atoms with Gasteiger partial charge in [-0.05, 0) is 12.1 Å². The van der Waals surface area contributed by atoms with E-state index >= 15 is 0 Å². The van der Waals surface area contributed by atoms with Crippen LogP contribution in [0.25, 0.3) is 0 Å². The fraction of sp³-hybridized carbons (Fsp3) is 0.538. The maximum atomic E-state index is 13.5. The lowest BCUT2D eigenvalue weighted by atomic mass is 9.86. The van der Waals surface area contributed by atoms with Crippen molar-refractivity contribution in [3.8, 4) is 5.75 Å². The van der Waals surface area contributed by atoms with E-state index in [9.17, 15) is 44.0 Å². The third-order valence-corrected chi connectivity index (χ3v) is 5.93. The number of carbonyl (C=O) groups excluding carboxylic acids is 6. The Morgan fingerprint density at radius 2 is 1.57 bits per heavy atom. The lowest BCUT2D eigenvalue weighted by molar-refractivity contribution is -0.384. The number of nitrogens with one attached hydrogen (secondary N) is 1. The molecule has 1 aromatic rings. The predicted molar refractivity (Wildman–Crippen MR) is 140 cm³/mol. The number of esters is 5. The van der Waals surface area contributed by atoms with Crippen LogP contribution in [0.3, 0.4) is 0 Å². The van der Waals surface area contributed by atoms with Gasteiger partial charge in [0, 0.05) is 46.8 Å². The minimum atomic E-state index is -2.95. The second-order valence-corrected chi connectivity index (χ2v) is 9.37. The summed E-state index contributed by atoms with van der Waals surface area (Å²) in [5.74, 6) is -9.26. The van der Waals surface area contributed by atoms with E-state index < -0.39 is 89.6 Å². The molecule has 2 N–H and O–H groups in total. The van der Waals surface area contributed by atoms with E-state index in [1.165, 1.54) is 0 Å². The number of nitro benzene ring substituents is 1. The number of rotatable bonds is 12. The van der Waals surface area contributed by atoms with Crippen LogP contribution in [0.2, 0.25) is 0 Å². The van der Waals surface area contributed by atoms with Gasteiger partial charge in [0.05, 0.1) is 18.1 Å². The van der Waals surface area contributed by atoms with Gasteiger partial charge in [-0.2, -0.15) is 0 Å². The van der Waals surface area contributed by atoms with Gasteiger partial charge in [0.2, 0.25) is 12.0 Å². The molecule has 242 valence electrons. The van der Waals surface area contributed by atoms with Crippen LogP contribution >= 0.6 is 0 Å². The first kappa shape index (κ1) is 35.4. The van der Waals surface area contributed by atoms with Crippen LogP contribution in [-0.2, 0) is 57.2 Å². The highest BCUT2D eigenvalue weighted by Gasteiger charge is 2.66. The van der Waals surface area contributed by atoms with Gasteiger partial charge >= 0.3 is 35.6 Å². The SMILES string of the molecule is COC(=O)[C@]1(Oc2ccc([N+](=O)[O-])cc2)O[C@@H]([C@H](OC(C)=O)[C@@H](COC(C)=O)OC(C)=O)[C@H](NC(C)=O)[C@H](O)[C@H]1OC(C)=O. The molecule has 1 aliphatic rings. The predicted octanol–water partition coefficient (Wildman–Crippen LogP) is -0.534. The number of hydrogen-bond donors (Lipinski definition) is 2. The third kappa shape index (κ3) is 8.83.